The topological polar surface area (TPSA) is 78.7 Å². The maximum Gasteiger partial charge on any atom is 0.233 e. The van der Waals surface area contributed by atoms with E-state index in [0.29, 0.717) is 26.1 Å². The van der Waals surface area contributed by atoms with E-state index in [1.54, 1.807) is 7.05 Å². The first-order valence-electron chi connectivity index (χ1n) is 6.31. The van der Waals surface area contributed by atoms with Crippen LogP contribution in [0.3, 0.4) is 0 Å². The molecule has 0 atom stereocenters. The van der Waals surface area contributed by atoms with E-state index in [4.69, 9.17) is 5.73 Å². The molecule has 2 amide bonds. The SMILES string of the molecule is CNC(=O)CN1CCN(C(=O)CC(C)(C)N)CC1. The summed E-state index contributed by atoms with van der Waals surface area (Å²) in [5.41, 5.74) is 5.38. The van der Waals surface area contributed by atoms with Crippen molar-refractivity contribution in [2.75, 3.05) is 39.8 Å². The van der Waals surface area contributed by atoms with Crippen LogP contribution in [0, 0.1) is 0 Å². The van der Waals surface area contributed by atoms with Crippen molar-refractivity contribution in [3.05, 3.63) is 0 Å². The third-order valence-corrected chi connectivity index (χ3v) is 2.98. The van der Waals surface area contributed by atoms with Crippen molar-refractivity contribution in [1.82, 2.24) is 15.1 Å². The largest absolute Gasteiger partial charge is 0.358 e. The number of amides is 2. The Morgan fingerprint density at radius 3 is 2.22 bits per heavy atom. The van der Waals surface area contributed by atoms with Crippen LogP contribution in [0.25, 0.3) is 0 Å². The van der Waals surface area contributed by atoms with Crippen molar-refractivity contribution in [3.63, 3.8) is 0 Å². The van der Waals surface area contributed by atoms with E-state index in [-0.39, 0.29) is 11.8 Å². The fourth-order valence-corrected chi connectivity index (χ4v) is 1.94. The number of carbonyl (C=O) groups is 2. The van der Waals surface area contributed by atoms with Crippen molar-refractivity contribution in [2.45, 2.75) is 25.8 Å². The normalized spacial score (nSPS) is 17.7. The second kappa shape index (κ2) is 6.15. The Kier molecular flexibility index (Phi) is 5.10. The van der Waals surface area contributed by atoms with Gasteiger partial charge in [0, 0.05) is 45.2 Å². The fourth-order valence-electron chi connectivity index (χ4n) is 1.94. The van der Waals surface area contributed by atoms with Crippen LogP contribution in [0.15, 0.2) is 0 Å². The minimum Gasteiger partial charge on any atom is -0.358 e. The molecule has 0 aromatic carbocycles. The zero-order chi connectivity index (χ0) is 13.8. The second-order valence-corrected chi connectivity index (χ2v) is 5.50. The Balaban J connectivity index is 2.35. The molecule has 0 aromatic rings. The van der Waals surface area contributed by atoms with E-state index < -0.39 is 5.54 Å². The molecule has 3 N–H and O–H groups in total. The fraction of sp³-hybridized carbons (Fsp3) is 0.833. The van der Waals surface area contributed by atoms with Crippen LogP contribution in [0.5, 0.6) is 0 Å². The van der Waals surface area contributed by atoms with Gasteiger partial charge in [0.05, 0.1) is 6.54 Å². The number of nitrogens with two attached hydrogens (primary N) is 1. The van der Waals surface area contributed by atoms with Crippen molar-refractivity contribution in [2.24, 2.45) is 5.73 Å². The van der Waals surface area contributed by atoms with Crippen LogP contribution in [0.1, 0.15) is 20.3 Å². The second-order valence-electron chi connectivity index (χ2n) is 5.50. The van der Waals surface area contributed by atoms with Crippen molar-refractivity contribution < 1.29 is 9.59 Å². The molecule has 1 rings (SSSR count). The molecule has 1 heterocycles. The molecule has 0 aromatic heterocycles. The van der Waals surface area contributed by atoms with Crippen LogP contribution in [0.4, 0.5) is 0 Å². The van der Waals surface area contributed by atoms with Crippen LogP contribution in [0.2, 0.25) is 0 Å². The molecule has 0 saturated carbocycles. The lowest BCUT2D eigenvalue weighted by Crippen LogP contribution is -2.52. The molecule has 0 bridgehead atoms. The van der Waals surface area contributed by atoms with Crippen LogP contribution >= 0.6 is 0 Å². The summed E-state index contributed by atoms with van der Waals surface area (Å²) in [4.78, 5) is 27.1. The monoisotopic (exact) mass is 256 g/mol. The van der Waals surface area contributed by atoms with E-state index in [2.05, 4.69) is 10.2 Å². The van der Waals surface area contributed by atoms with E-state index in [0.717, 1.165) is 13.1 Å². The third kappa shape index (κ3) is 5.01. The summed E-state index contributed by atoms with van der Waals surface area (Å²) in [6, 6.07) is 0. The van der Waals surface area contributed by atoms with E-state index in [1.807, 2.05) is 18.7 Å². The average molecular weight is 256 g/mol. The predicted octanol–water partition coefficient (Wildman–Crippen LogP) is -0.996. The summed E-state index contributed by atoms with van der Waals surface area (Å²) in [5.74, 6) is 0.111. The molecular weight excluding hydrogens is 232 g/mol. The Morgan fingerprint density at radius 1 is 1.22 bits per heavy atom. The number of nitrogens with one attached hydrogen (secondary N) is 1. The number of carbonyl (C=O) groups excluding carboxylic acids is 2. The highest BCUT2D eigenvalue weighted by molar-refractivity contribution is 5.78. The summed E-state index contributed by atoms with van der Waals surface area (Å²) in [6.07, 6.45) is 0.364. The van der Waals surface area contributed by atoms with Gasteiger partial charge in [0.2, 0.25) is 11.8 Å². The van der Waals surface area contributed by atoms with Gasteiger partial charge in [0.25, 0.3) is 0 Å². The summed E-state index contributed by atoms with van der Waals surface area (Å²) in [5, 5.41) is 2.60. The lowest BCUT2D eigenvalue weighted by Gasteiger charge is -2.35. The number of piperazine rings is 1. The van der Waals surface area contributed by atoms with Gasteiger partial charge >= 0.3 is 0 Å². The predicted molar refractivity (Wildman–Crippen MR) is 70.0 cm³/mol. The van der Waals surface area contributed by atoms with Crippen molar-refractivity contribution in [3.8, 4) is 0 Å². The highest BCUT2D eigenvalue weighted by Gasteiger charge is 2.25. The molecule has 1 fully saturated rings. The maximum atomic E-state index is 11.9. The average Bonchev–Trinajstić information content (AvgIpc) is 2.27. The zero-order valence-electron chi connectivity index (χ0n) is 11.5. The highest BCUT2D eigenvalue weighted by atomic mass is 16.2. The minimum atomic E-state index is -0.462. The zero-order valence-corrected chi connectivity index (χ0v) is 11.5. The molecule has 1 aliphatic heterocycles. The molecule has 0 aliphatic carbocycles. The van der Waals surface area contributed by atoms with Gasteiger partial charge in [-0.3, -0.25) is 14.5 Å². The summed E-state index contributed by atoms with van der Waals surface area (Å²) in [7, 11) is 1.63. The maximum absolute atomic E-state index is 11.9. The molecule has 6 heteroatoms. The van der Waals surface area contributed by atoms with Gasteiger partial charge in [-0.25, -0.2) is 0 Å². The van der Waals surface area contributed by atoms with Gasteiger partial charge in [0.1, 0.15) is 0 Å². The van der Waals surface area contributed by atoms with Gasteiger partial charge in [-0.1, -0.05) is 0 Å². The summed E-state index contributed by atoms with van der Waals surface area (Å²) >= 11 is 0. The van der Waals surface area contributed by atoms with Gasteiger partial charge in [-0.2, -0.15) is 0 Å². The summed E-state index contributed by atoms with van der Waals surface area (Å²) in [6.45, 7) is 6.94. The molecule has 18 heavy (non-hydrogen) atoms. The third-order valence-electron chi connectivity index (χ3n) is 2.98. The Bertz CT molecular complexity index is 304. The molecule has 0 spiro atoms. The number of likely N-dealkylation sites (N-methyl/N-ethyl adjacent to an activating group) is 1. The standard InChI is InChI=1S/C12H24N4O2/c1-12(2,13)8-11(18)16-6-4-15(5-7-16)9-10(17)14-3/h4-9,13H2,1-3H3,(H,14,17). The number of nitrogens with zero attached hydrogens (tertiary/aromatic N) is 2. The molecule has 1 aliphatic rings. The first kappa shape index (κ1) is 14.9. The van der Waals surface area contributed by atoms with Crippen molar-refractivity contribution in [1.29, 1.82) is 0 Å². The molecule has 6 nitrogen and oxygen atoms in total. The van der Waals surface area contributed by atoms with Gasteiger partial charge in [0.15, 0.2) is 0 Å². The van der Waals surface area contributed by atoms with E-state index in [1.165, 1.54) is 0 Å². The quantitative estimate of drug-likeness (QED) is 0.676. The molecular formula is C12H24N4O2. The van der Waals surface area contributed by atoms with E-state index >= 15 is 0 Å². The van der Waals surface area contributed by atoms with Crippen LogP contribution in [-0.2, 0) is 9.59 Å². The molecule has 1 saturated heterocycles. The lowest BCUT2D eigenvalue weighted by molar-refractivity contribution is -0.134. The first-order valence-corrected chi connectivity index (χ1v) is 6.31. The van der Waals surface area contributed by atoms with Crippen LogP contribution in [-0.4, -0.2) is 66.9 Å². The minimum absolute atomic E-state index is 0.0119. The Hall–Kier alpha value is -1.14. The van der Waals surface area contributed by atoms with Gasteiger partial charge in [-0.05, 0) is 13.8 Å². The number of hydrogen-bond donors (Lipinski definition) is 2. The first-order chi connectivity index (χ1) is 8.31. The molecule has 0 radical (unpaired) electrons. The van der Waals surface area contributed by atoms with Gasteiger partial charge in [-0.15, -0.1) is 0 Å². The Morgan fingerprint density at radius 2 is 1.78 bits per heavy atom. The smallest absolute Gasteiger partial charge is 0.233 e. The number of rotatable bonds is 4. The highest BCUT2D eigenvalue weighted by Crippen LogP contribution is 2.09. The van der Waals surface area contributed by atoms with Crippen molar-refractivity contribution >= 4 is 11.8 Å². The van der Waals surface area contributed by atoms with E-state index in [9.17, 15) is 9.59 Å². The molecule has 0 unspecified atom stereocenters. The van der Waals surface area contributed by atoms with Crippen LogP contribution < -0.4 is 11.1 Å². The summed E-state index contributed by atoms with van der Waals surface area (Å²) < 4.78 is 0. The van der Waals surface area contributed by atoms with Gasteiger partial charge < -0.3 is 16.0 Å². The number of hydrogen-bond acceptors (Lipinski definition) is 4. The Labute approximate surface area is 108 Å². The molecule has 104 valence electrons. The lowest BCUT2D eigenvalue weighted by atomic mass is 10.0.